The van der Waals surface area contributed by atoms with E-state index < -0.39 is 0 Å². The van der Waals surface area contributed by atoms with E-state index in [9.17, 15) is 4.39 Å². The van der Waals surface area contributed by atoms with Crippen molar-refractivity contribution in [3.8, 4) is 5.75 Å². The number of hydrogen-bond donors (Lipinski definition) is 2. The summed E-state index contributed by atoms with van der Waals surface area (Å²) in [5, 5.41) is 6.88. The molecule has 1 aromatic carbocycles. The molecule has 0 saturated carbocycles. The zero-order valence-electron chi connectivity index (χ0n) is 19.4. The Morgan fingerprint density at radius 2 is 1.81 bits per heavy atom. The molecule has 32 heavy (non-hydrogen) atoms. The van der Waals surface area contributed by atoms with E-state index in [1.807, 2.05) is 6.07 Å². The van der Waals surface area contributed by atoms with E-state index in [0.717, 1.165) is 37.8 Å². The van der Waals surface area contributed by atoms with Gasteiger partial charge in [0.05, 0.1) is 7.11 Å². The Morgan fingerprint density at radius 3 is 2.53 bits per heavy atom. The van der Waals surface area contributed by atoms with Crippen molar-refractivity contribution in [2.45, 2.75) is 51.5 Å². The molecule has 3 heterocycles. The average Bonchev–Trinajstić information content (AvgIpc) is 3.08. The van der Waals surface area contributed by atoms with Crippen molar-refractivity contribution in [2.75, 3.05) is 55.4 Å². The fraction of sp³-hybridized carbons (Fsp3) is 0.560. The number of pyridine rings is 1. The molecule has 174 valence electrons. The van der Waals surface area contributed by atoms with Gasteiger partial charge in [0.25, 0.3) is 0 Å². The molecule has 7 heteroatoms. The Hall–Kier alpha value is -2.54. The summed E-state index contributed by atoms with van der Waals surface area (Å²) in [6, 6.07) is 9.69. The van der Waals surface area contributed by atoms with E-state index in [4.69, 9.17) is 9.72 Å². The molecule has 2 aliphatic rings. The number of aromatic nitrogens is 1. The highest BCUT2D eigenvalue weighted by atomic mass is 19.1. The molecule has 4 rings (SSSR count). The predicted octanol–water partition coefficient (Wildman–Crippen LogP) is 5.25. The van der Waals surface area contributed by atoms with Crippen LogP contribution < -0.4 is 20.3 Å². The van der Waals surface area contributed by atoms with Crippen LogP contribution >= 0.6 is 0 Å². The molecule has 6 nitrogen and oxygen atoms in total. The lowest BCUT2D eigenvalue weighted by Gasteiger charge is -2.26. The summed E-state index contributed by atoms with van der Waals surface area (Å²) in [6.07, 6.45) is 7.49. The predicted molar refractivity (Wildman–Crippen MR) is 130 cm³/mol. The number of likely N-dealkylation sites (tertiary alicyclic amines) is 1. The minimum atomic E-state index is -0.389. The van der Waals surface area contributed by atoms with Crippen LogP contribution in [0.5, 0.6) is 5.75 Å². The number of ether oxygens (including phenoxy) is 1. The van der Waals surface area contributed by atoms with Crippen LogP contribution in [-0.4, -0.2) is 55.8 Å². The number of rotatable bonds is 8. The van der Waals surface area contributed by atoms with E-state index in [0.29, 0.717) is 11.7 Å². The highest BCUT2D eigenvalue weighted by Gasteiger charge is 2.23. The molecule has 0 spiro atoms. The maximum Gasteiger partial charge on any atom is 0.167 e. The fourth-order valence-electron chi connectivity index (χ4n) is 4.84. The number of likely N-dealkylation sites (N-methyl/N-ethyl adjacent to an activating group) is 1. The molecule has 2 aromatic rings. The van der Waals surface area contributed by atoms with Gasteiger partial charge in [-0.05, 0) is 50.9 Å². The zero-order valence-corrected chi connectivity index (χ0v) is 19.4. The summed E-state index contributed by atoms with van der Waals surface area (Å²) in [4.78, 5) is 9.79. The largest absolute Gasteiger partial charge is 0.494 e. The summed E-state index contributed by atoms with van der Waals surface area (Å²) in [5.41, 5.74) is 1.82. The third kappa shape index (κ3) is 5.63. The monoisotopic (exact) mass is 441 g/mol. The number of methoxy groups -OCH3 is 1. The summed E-state index contributed by atoms with van der Waals surface area (Å²) >= 11 is 0. The van der Waals surface area contributed by atoms with Crippen molar-refractivity contribution < 1.29 is 9.13 Å². The van der Waals surface area contributed by atoms with E-state index >= 15 is 0 Å². The smallest absolute Gasteiger partial charge is 0.167 e. The normalized spacial score (nSPS) is 19.6. The van der Waals surface area contributed by atoms with E-state index in [2.05, 4.69) is 39.5 Å². The number of halogens is 1. The maximum atomic E-state index is 14.2. The summed E-state index contributed by atoms with van der Waals surface area (Å²) in [6.45, 7) is 7.51. The standard InChI is InChI=1S/C25H36FN5O/c1-3-30-14-8-9-20(30)18-27-24-16-21(31-12-6-4-5-7-13-31)17-25(29-24)28-19-10-11-23(32-2)22(26)15-19/h10-11,15-17,20H,3-9,12-14,18H2,1-2H3,(H2,27,28,29). The Balaban J connectivity index is 1.55. The highest BCUT2D eigenvalue weighted by Crippen LogP contribution is 2.29. The topological polar surface area (TPSA) is 52.7 Å². The molecule has 1 atom stereocenters. The Bertz CT molecular complexity index is 885. The van der Waals surface area contributed by atoms with Crippen LogP contribution in [-0.2, 0) is 0 Å². The van der Waals surface area contributed by atoms with Crippen molar-refractivity contribution in [3.05, 3.63) is 36.1 Å². The van der Waals surface area contributed by atoms with Gasteiger partial charge in [0.15, 0.2) is 11.6 Å². The minimum absolute atomic E-state index is 0.237. The Kier molecular flexibility index (Phi) is 7.68. The van der Waals surface area contributed by atoms with Gasteiger partial charge in [0, 0.05) is 55.2 Å². The van der Waals surface area contributed by atoms with Crippen molar-refractivity contribution in [3.63, 3.8) is 0 Å². The third-order valence-corrected chi connectivity index (χ3v) is 6.63. The van der Waals surface area contributed by atoms with Gasteiger partial charge in [-0.25, -0.2) is 9.37 Å². The van der Waals surface area contributed by atoms with Crippen LogP contribution in [0.3, 0.4) is 0 Å². The first-order chi connectivity index (χ1) is 15.7. The molecule has 1 unspecified atom stereocenters. The van der Waals surface area contributed by atoms with E-state index in [-0.39, 0.29) is 11.6 Å². The van der Waals surface area contributed by atoms with Crippen LogP contribution in [0.15, 0.2) is 30.3 Å². The fourth-order valence-corrected chi connectivity index (χ4v) is 4.84. The van der Waals surface area contributed by atoms with Gasteiger partial charge in [0.2, 0.25) is 0 Å². The number of nitrogens with zero attached hydrogens (tertiary/aromatic N) is 3. The first-order valence-corrected chi connectivity index (χ1v) is 12.0. The number of anilines is 4. The molecular formula is C25H36FN5O. The molecule has 2 fully saturated rings. The average molecular weight is 442 g/mol. The summed E-state index contributed by atoms with van der Waals surface area (Å²) < 4.78 is 19.2. The molecule has 2 N–H and O–H groups in total. The SMILES string of the molecule is CCN1CCCC1CNc1cc(N2CCCCCC2)cc(Nc2ccc(OC)c(F)c2)n1. The molecule has 1 aromatic heterocycles. The van der Waals surface area contributed by atoms with Crippen molar-refractivity contribution in [1.29, 1.82) is 0 Å². The second-order valence-electron chi connectivity index (χ2n) is 8.78. The van der Waals surface area contributed by atoms with Crippen LogP contribution in [0.25, 0.3) is 0 Å². The molecule has 2 aliphatic heterocycles. The second-order valence-corrected chi connectivity index (χ2v) is 8.78. The molecule has 0 amide bonds. The molecule has 2 saturated heterocycles. The van der Waals surface area contributed by atoms with Gasteiger partial charge in [-0.2, -0.15) is 0 Å². The number of nitrogens with one attached hydrogen (secondary N) is 2. The lowest BCUT2D eigenvalue weighted by molar-refractivity contribution is 0.277. The molecule has 0 radical (unpaired) electrons. The Labute approximate surface area is 191 Å². The zero-order chi connectivity index (χ0) is 22.3. The number of benzene rings is 1. The summed E-state index contributed by atoms with van der Waals surface area (Å²) in [7, 11) is 1.47. The van der Waals surface area contributed by atoms with Crippen molar-refractivity contribution >= 4 is 23.0 Å². The van der Waals surface area contributed by atoms with Crippen LogP contribution in [0.4, 0.5) is 27.4 Å². The summed E-state index contributed by atoms with van der Waals surface area (Å²) in [5.74, 6) is 1.44. The van der Waals surface area contributed by atoms with E-state index in [1.54, 1.807) is 6.07 Å². The third-order valence-electron chi connectivity index (χ3n) is 6.63. The second kappa shape index (κ2) is 10.9. The van der Waals surface area contributed by atoms with Gasteiger partial charge in [-0.3, -0.25) is 4.90 Å². The highest BCUT2D eigenvalue weighted by molar-refractivity contribution is 5.66. The van der Waals surface area contributed by atoms with Gasteiger partial charge in [-0.15, -0.1) is 0 Å². The van der Waals surface area contributed by atoms with Crippen LogP contribution in [0.1, 0.15) is 45.4 Å². The first kappa shape index (κ1) is 22.6. The van der Waals surface area contributed by atoms with Crippen molar-refractivity contribution in [1.82, 2.24) is 9.88 Å². The first-order valence-electron chi connectivity index (χ1n) is 12.0. The molecule has 0 aliphatic carbocycles. The lowest BCUT2D eigenvalue weighted by Crippen LogP contribution is -2.34. The van der Waals surface area contributed by atoms with Crippen molar-refractivity contribution in [2.24, 2.45) is 0 Å². The quantitative estimate of drug-likeness (QED) is 0.584. The van der Waals surface area contributed by atoms with Crippen LogP contribution in [0, 0.1) is 5.82 Å². The Morgan fingerprint density at radius 1 is 1.03 bits per heavy atom. The van der Waals surface area contributed by atoms with Gasteiger partial charge >= 0.3 is 0 Å². The molecule has 0 bridgehead atoms. The van der Waals surface area contributed by atoms with Gasteiger partial charge in [-0.1, -0.05) is 19.8 Å². The maximum absolute atomic E-state index is 14.2. The van der Waals surface area contributed by atoms with Crippen LogP contribution in [0.2, 0.25) is 0 Å². The number of hydrogen-bond acceptors (Lipinski definition) is 6. The van der Waals surface area contributed by atoms with Gasteiger partial charge in [0.1, 0.15) is 11.6 Å². The van der Waals surface area contributed by atoms with Gasteiger partial charge < -0.3 is 20.3 Å². The van der Waals surface area contributed by atoms with E-state index in [1.165, 1.54) is 63.9 Å². The lowest BCUT2D eigenvalue weighted by atomic mass is 10.2. The minimum Gasteiger partial charge on any atom is -0.494 e. The molecular weight excluding hydrogens is 405 g/mol.